The zero-order chi connectivity index (χ0) is 8.41. The van der Waals surface area contributed by atoms with E-state index in [9.17, 15) is 0 Å². The first kappa shape index (κ1) is 11.3. The van der Waals surface area contributed by atoms with E-state index >= 15 is 0 Å². The van der Waals surface area contributed by atoms with Gasteiger partial charge in [-0.2, -0.15) is 0 Å². The standard InChI is InChI=1S/C4Cl6/c5-3(6,7)1-2-4(8,9)10. The Morgan fingerprint density at radius 2 is 0.800 bits per heavy atom. The van der Waals surface area contributed by atoms with Crippen molar-refractivity contribution in [1.29, 1.82) is 0 Å². The monoisotopic (exact) mass is 258 g/mol. The van der Waals surface area contributed by atoms with E-state index in [2.05, 4.69) is 11.8 Å². The number of halogens is 6. The molecule has 0 aliphatic heterocycles. The lowest BCUT2D eigenvalue weighted by molar-refractivity contribution is 1.49. The summed E-state index contributed by atoms with van der Waals surface area (Å²) in [6.07, 6.45) is 0. The SMILES string of the molecule is ClC(Cl)(Cl)C#CC(Cl)(Cl)Cl. The highest BCUT2D eigenvalue weighted by atomic mass is 35.6. The van der Waals surface area contributed by atoms with Crippen LogP contribution in [0.15, 0.2) is 0 Å². The van der Waals surface area contributed by atoms with E-state index in [1.165, 1.54) is 0 Å². The number of hydrogen-bond acceptors (Lipinski definition) is 0. The van der Waals surface area contributed by atoms with Crippen molar-refractivity contribution >= 4 is 69.6 Å². The molecule has 0 bridgehead atoms. The second kappa shape index (κ2) is 3.81. The van der Waals surface area contributed by atoms with Crippen molar-refractivity contribution in [2.24, 2.45) is 0 Å². The molecule has 0 rings (SSSR count). The molecule has 58 valence electrons. The largest absolute Gasteiger partial charge is 0.252 e. The summed E-state index contributed by atoms with van der Waals surface area (Å²) in [7, 11) is 0. The van der Waals surface area contributed by atoms with Crippen LogP contribution in [0.3, 0.4) is 0 Å². The number of hydrogen-bond donors (Lipinski definition) is 0. The maximum atomic E-state index is 5.22. The first-order valence-corrected chi connectivity index (χ1v) is 4.15. The van der Waals surface area contributed by atoms with E-state index in [1.54, 1.807) is 0 Å². The van der Waals surface area contributed by atoms with Crippen LogP contribution in [0.2, 0.25) is 0 Å². The van der Waals surface area contributed by atoms with Crippen molar-refractivity contribution in [2.45, 2.75) is 7.59 Å². The van der Waals surface area contributed by atoms with Gasteiger partial charge in [-0.3, -0.25) is 0 Å². The summed E-state index contributed by atoms with van der Waals surface area (Å²) in [5, 5.41) is 0. The molecule has 0 aliphatic rings. The molecule has 0 saturated carbocycles. The third kappa shape index (κ3) is 9.30. The third-order valence-corrected chi connectivity index (χ3v) is 0.913. The molecule has 0 unspecified atom stereocenters. The van der Waals surface area contributed by atoms with E-state index in [0.717, 1.165) is 0 Å². The molecule has 0 spiro atoms. The number of alkyl halides is 6. The molecule has 10 heavy (non-hydrogen) atoms. The quantitative estimate of drug-likeness (QED) is 0.460. The van der Waals surface area contributed by atoms with Crippen molar-refractivity contribution in [2.75, 3.05) is 0 Å². The Morgan fingerprint density at radius 3 is 0.900 bits per heavy atom. The predicted molar refractivity (Wildman–Crippen MR) is 48.4 cm³/mol. The average Bonchev–Trinajstić information content (AvgIpc) is 1.57. The van der Waals surface area contributed by atoms with Gasteiger partial charge in [0.1, 0.15) is 0 Å². The summed E-state index contributed by atoms with van der Waals surface area (Å²) in [6, 6.07) is 0. The first-order valence-electron chi connectivity index (χ1n) is 1.88. The minimum Gasteiger partial charge on any atom is -0.0697 e. The van der Waals surface area contributed by atoms with Crippen LogP contribution in [0.1, 0.15) is 0 Å². The molecule has 0 amide bonds. The van der Waals surface area contributed by atoms with Gasteiger partial charge in [0.25, 0.3) is 7.59 Å². The fraction of sp³-hybridized carbons (Fsp3) is 0.500. The lowest BCUT2D eigenvalue weighted by atomic mass is 10.6. The lowest BCUT2D eigenvalue weighted by Gasteiger charge is -2.01. The Labute approximate surface area is 88.7 Å². The van der Waals surface area contributed by atoms with Crippen LogP contribution in [-0.4, -0.2) is 7.59 Å². The van der Waals surface area contributed by atoms with E-state index in [1.807, 2.05) is 0 Å². The maximum absolute atomic E-state index is 5.22. The van der Waals surface area contributed by atoms with E-state index in [0.29, 0.717) is 0 Å². The van der Waals surface area contributed by atoms with Gasteiger partial charge in [-0.15, -0.1) is 0 Å². The summed E-state index contributed by atoms with van der Waals surface area (Å²) in [4.78, 5) is 0. The van der Waals surface area contributed by atoms with Crippen molar-refractivity contribution in [3.05, 3.63) is 0 Å². The number of rotatable bonds is 0. The Bertz CT molecular complexity index is 143. The zero-order valence-electron chi connectivity index (χ0n) is 4.27. The zero-order valence-corrected chi connectivity index (χ0v) is 8.80. The van der Waals surface area contributed by atoms with Gasteiger partial charge < -0.3 is 0 Å². The summed E-state index contributed by atoms with van der Waals surface area (Å²) < 4.78 is -3.38. The van der Waals surface area contributed by atoms with Gasteiger partial charge in [0.05, 0.1) is 0 Å². The fourth-order valence-electron chi connectivity index (χ4n) is 0.142. The van der Waals surface area contributed by atoms with E-state index < -0.39 is 7.59 Å². The van der Waals surface area contributed by atoms with E-state index in [-0.39, 0.29) is 0 Å². The first-order chi connectivity index (χ1) is 4.21. The fourth-order valence-corrected chi connectivity index (χ4v) is 0.425. The lowest BCUT2D eigenvalue weighted by Crippen LogP contribution is -2.01. The predicted octanol–water partition coefficient (Wildman–Crippen LogP) is 3.73. The third-order valence-electron chi connectivity index (χ3n) is 0.346. The molecule has 0 saturated heterocycles. The van der Waals surface area contributed by atoms with Gasteiger partial charge in [0, 0.05) is 0 Å². The normalized spacial score (nSPS) is 12.2. The molecular formula is C4Cl6. The molecular weight excluding hydrogens is 261 g/mol. The van der Waals surface area contributed by atoms with Gasteiger partial charge in [0.2, 0.25) is 0 Å². The van der Waals surface area contributed by atoms with Crippen LogP contribution < -0.4 is 0 Å². The molecule has 0 aromatic carbocycles. The van der Waals surface area contributed by atoms with E-state index in [4.69, 9.17) is 69.6 Å². The highest BCUT2D eigenvalue weighted by Gasteiger charge is 2.19. The molecule has 0 radical (unpaired) electrons. The second-order valence-corrected chi connectivity index (χ2v) is 5.81. The summed E-state index contributed by atoms with van der Waals surface area (Å²) in [5.74, 6) is 4.22. The van der Waals surface area contributed by atoms with Gasteiger partial charge >= 0.3 is 0 Å². The molecule has 0 N–H and O–H groups in total. The van der Waals surface area contributed by atoms with Crippen molar-refractivity contribution in [1.82, 2.24) is 0 Å². The van der Waals surface area contributed by atoms with Gasteiger partial charge in [-0.25, -0.2) is 0 Å². The average molecular weight is 261 g/mol. The maximum Gasteiger partial charge on any atom is 0.252 e. The molecule has 0 aromatic heterocycles. The Balaban J connectivity index is 4.19. The highest BCUT2D eigenvalue weighted by Crippen LogP contribution is 2.28. The Kier molecular flexibility index (Phi) is 4.30. The molecule has 0 heterocycles. The summed E-state index contributed by atoms with van der Waals surface area (Å²) >= 11 is 31.3. The summed E-state index contributed by atoms with van der Waals surface area (Å²) in [6.45, 7) is 0. The topological polar surface area (TPSA) is 0 Å². The molecule has 6 heteroatoms. The molecule has 0 fully saturated rings. The van der Waals surface area contributed by atoms with Crippen LogP contribution in [0.5, 0.6) is 0 Å². The molecule has 0 aromatic rings. The minimum atomic E-state index is -1.69. The van der Waals surface area contributed by atoms with Crippen LogP contribution in [0.4, 0.5) is 0 Å². The van der Waals surface area contributed by atoms with Crippen molar-refractivity contribution < 1.29 is 0 Å². The molecule has 0 aliphatic carbocycles. The van der Waals surface area contributed by atoms with Gasteiger partial charge in [-0.05, 0) is 11.8 Å². The molecule has 0 atom stereocenters. The van der Waals surface area contributed by atoms with Gasteiger partial charge in [0.15, 0.2) is 0 Å². The van der Waals surface area contributed by atoms with Gasteiger partial charge in [-0.1, -0.05) is 69.6 Å². The van der Waals surface area contributed by atoms with Crippen LogP contribution in [0.25, 0.3) is 0 Å². The Hall–Kier alpha value is 1.30. The van der Waals surface area contributed by atoms with Crippen LogP contribution >= 0.6 is 69.6 Å². The Morgan fingerprint density at radius 1 is 0.600 bits per heavy atom. The van der Waals surface area contributed by atoms with Crippen molar-refractivity contribution in [3.8, 4) is 11.8 Å². The van der Waals surface area contributed by atoms with Crippen molar-refractivity contribution in [3.63, 3.8) is 0 Å². The van der Waals surface area contributed by atoms with Crippen LogP contribution in [-0.2, 0) is 0 Å². The molecule has 0 nitrogen and oxygen atoms in total. The summed E-state index contributed by atoms with van der Waals surface area (Å²) in [5.41, 5.74) is 0. The smallest absolute Gasteiger partial charge is 0.0697 e. The minimum absolute atomic E-state index is 1.69. The van der Waals surface area contributed by atoms with Crippen LogP contribution in [0, 0.1) is 11.8 Å². The highest BCUT2D eigenvalue weighted by molar-refractivity contribution is 6.71. The second-order valence-electron chi connectivity index (χ2n) is 1.25.